The number of nitrogens with one attached hydrogen (secondary N) is 1. The molecule has 146 valence electrons. The number of nitrogens with zero attached hydrogens (tertiary/aromatic N) is 1. The molecule has 0 bridgehead atoms. The van der Waals surface area contributed by atoms with E-state index in [2.05, 4.69) is 72.9 Å². The number of para-hydroxylation sites is 1. The molecule has 4 rings (SSSR count). The van der Waals surface area contributed by atoms with E-state index in [0.29, 0.717) is 5.56 Å². The molecular weight excluding hydrogens is 360 g/mol. The number of hydrazone groups is 1. The molecule has 0 aromatic heterocycles. The van der Waals surface area contributed by atoms with E-state index in [4.69, 9.17) is 0 Å². The first kappa shape index (κ1) is 18.9. The molecule has 0 saturated heterocycles. The number of aromatic hydroxyl groups is 1. The Morgan fingerprint density at radius 3 is 2.07 bits per heavy atom. The minimum Gasteiger partial charge on any atom is -0.507 e. The van der Waals surface area contributed by atoms with Crippen molar-refractivity contribution in [3.05, 3.63) is 101 Å². The average Bonchev–Trinajstić information content (AvgIpc) is 3.47. The first-order chi connectivity index (χ1) is 14.0. The number of aryl methyl sites for hydroxylation is 2. The highest BCUT2D eigenvalue weighted by molar-refractivity contribution is 5.88. The summed E-state index contributed by atoms with van der Waals surface area (Å²) in [5.74, 6) is -0.169. The van der Waals surface area contributed by atoms with Crippen molar-refractivity contribution in [1.82, 2.24) is 5.43 Å². The lowest BCUT2D eigenvalue weighted by Gasteiger charge is -2.19. The van der Waals surface area contributed by atoms with Gasteiger partial charge in [-0.15, -0.1) is 0 Å². The molecule has 4 nitrogen and oxygen atoms in total. The van der Waals surface area contributed by atoms with Crippen molar-refractivity contribution < 1.29 is 9.90 Å². The van der Waals surface area contributed by atoms with Gasteiger partial charge in [0, 0.05) is 11.0 Å². The molecule has 1 aliphatic carbocycles. The maximum atomic E-state index is 12.9. The highest BCUT2D eigenvalue weighted by Gasteiger charge is 2.60. The maximum absolute atomic E-state index is 12.9. The Labute approximate surface area is 170 Å². The van der Waals surface area contributed by atoms with Gasteiger partial charge in [0.25, 0.3) is 0 Å². The Hall–Kier alpha value is -3.40. The third kappa shape index (κ3) is 3.66. The summed E-state index contributed by atoms with van der Waals surface area (Å²) in [6.07, 6.45) is 2.21. The normalized spacial score (nSPS) is 17.2. The van der Waals surface area contributed by atoms with Crippen LogP contribution >= 0.6 is 0 Å². The molecule has 1 fully saturated rings. The Morgan fingerprint density at radius 1 is 0.966 bits per heavy atom. The van der Waals surface area contributed by atoms with Gasteiger partial charge in [0.1, 0.15) is 5.75 Å². The van der Waals surface area contributed by atoms with Crippen LogP contribution < -0.4 is 5.43 Å². The number of hydrogen-bond acceptors (Lipinski definition) is 3. The number of carbonyl (C=O) groups is 1. The molecule has 3 aromatic rings. The smallest absolute Gasteiger partial charge is 0.244 e. The molecular formula is C25H24N2O2. The number of phenolic OH excluding ortho intramolecular Hbond substituents is 1. The molecule has 0 radical (unpaired) electrons. The minimum absolute atomic E-state index is 0.113. The average molecular weight is 384 g/mol. The molecule has 2 N–H and O–H groups in total. The molecule has 1 aliphatic rings. The third-order valence-electron chi connectivity index (χ3n) is 5.73. The summed E-state index contributed by atoms with van der Waals surface area (Å²) in [6, 6.07) is 23.7. The van der Waals surface area contributed by atoms with Crippen molar-refractivity contribution in [2.24, 2.45) is 11.0 Å². The van der Waals surface area contributed by atoms with E-state index in [1.165, 1.54) is 17.3 Å². The SMILES string of the molecule is Cc1ccc(C2(c3ccc(C)cc3)C[C@@H]2C(=O)N/N=C/c2ccccc2O)cc1. The largest absolute Gasteiger partial charge is 0.507 e. The van der Waals surface area contributed by atoms with Gasteiger partial charge in [-0.2, -0.15) is 5.10 Å². The Bertz CT molecular complexity index is 1010. The van der Waals surface area contributed by atoms with E-state index >= 15 is 0 Å². The molecule has 0 spiro atoms. The van der Waals surface area contributed by atoms with E-state index in [9.17, 15) is 9.90 Å². The van der Waals surface area contributed by atoms with Crippen LogP contribution in [-0.2, 0) is 10.2 Å². The second kappa shape index (κ2) is 7.55. The van der Waals surface area contributed by atoms with Gasteiger partial charge in [0.05, 0.1) is 12.1 Å². The van der Waals surface area contributed by atoms with Gasteiger partial charge in [-0.3, -0.25) is 4.79 Å². The molecule has 0 unspecified atom stereocenters. The van der Waals surface area contributed by atoms with Gasteiger partial charge >= 0.3 is 0 Å². The maximum Gasteiger partial charge on any atom is 0.244 e. The van der Waals surface area contributed by atoms with Gasteiger partial charge in [-0.25, -0.2) is 5.43 Å². The predicted octanol–water partition coefficient (Wildman–Crippen LogP) is 4.47. The zero-order valence-corrected chi connectivity index (χ0v) is 16.6. The minimum atomic E-state index is -0.324. The Morgan fingerprint density at radius 2 is 1.52 bits per heavy atom. The van der Waals surface area contributed by atoms with E-state index in [-0.39, 0.29) is 23.0 Å². The highest BCUT2D eigenvalue weighted by Crippen LogP contribution is 2.59. The summed E-state index contributed by atoms with van der Waals surface area (Å²) in [5, 5.41) is 13.9. The van der Waals surface area contributed by atoms with Crippen LogP contribution in [0.2, 0.25) is 0 Å². The van der Waals surface area contributed by atoms with Crippen molar-refractivity contribution in [1.29, 1.82) is 0 Å². The van der Waals surface area contributed by atoms with Crippen LogP contribution in [0.3, 0.4) is 0 Å². The molecule has 1 amide bonds. The van der Waals surface area contributed by atoms with Crippen LogP contribution in [0, 0.1) is 19.8 Å². The van der Waals surface area contributed by atoms with E-state index in [1.807, 2.05) is 6.07 Å². The lowest BCUT2D eigenvalue weighted by molar-refractivity contribution is -0.122. The molecule has 1 atom stereocenters. The standard InChI is InChI=1S/C25H24N2O2/c1-17-7-11-20(12-8-17)25(21-13-9-18(2)10-14-21)15-22(25)24(29)27-26-16-19-5-3-4-6-23(19)28/h3-14,16,22,28H,15H2,1-2H3,(H,27,29)/b26-16+/t22-/m1/s1. The summed E-state index contributed by atoms with van der Waals surface area (Å²) in [7, 11) is 0. The van der Waals surface area contributed by atoms with Gasteiger partial charge in [-0.05, 0) is 43.5 Å². The van der Waals surface area contributed by atoms with Crippen molar-refractivity contribution in [2.75, 3.05) is 0 Å². The topological polar surface area (TPSA) is 61.7 Å². The van der Waals surface area contributed by atoms with Gasteiger partial charge in [-0.1, -0.05) is 71.8 Å². The molecule has 1 saturated carbocycles. The van der Waals surface area contributed by atoms with Crippen LogP contribution in [0.1, 0.15) is 34.2 Å². The number of amides is 1. The van der Waals surface area contributed by atoms with Crippen molar-refractivity contribution >= 4 is 12.1 Å². The van der Waals surface area contributed by atoms with Crippen molar-refractivity contribution in [3.8, 4) is 5.75 Å². The summed E-state index contributed by atoms with van der Waals surface area (Å²) in [4.78, 5) is 12.9. The van der Waals surface area contributed by atoms with Gasteiger partial charge < -0.3 is 5.11 Å². The lowest BCUT2D eigenvalue weighted by atomic mass is 9.85. The third-order valence-corrected chi connectivity index (χ3v) is 5.73. The summed E-state index contributed by atoms with van der Waals surface area (Å²) < 4.78 is 0. The van der Waals surface area contributed by atoms with Crippen LogP contribution in [0.4, 0.5) is 0 Å². The number of carbonyl (C=O) groups excluding carboxylic acids is 1. The number of rotatable bonds is 5. The van der Waals surface area contributed by atoms with Gasteiger partial charge in [0.15, 0.2) is 0 Å². The zero-order valence-electron chi connectivity index (χ0n) is 16.6. The quantitative estimate of drug-likeness (QED) is 0.504. The highest BCUT2D eigenvalue weighted by atomic mass is 16.3. The second-order valence-corrected chi connectivity index (χ2v) is 7.75. The summed E-state index contributed by atoms with van der Waals surface area (Å²) >= 11 is 0. The van der Waals surface area contributed by atoms with Crippen LogP contribution in [0.5, 0.6) is 5.75 Å². The lowest BCUT2D eigenvalue weighted by Crippen LogP contribution is -2.25. The van der Waals surface area contributed by atoms with Crippen molar-refractivity contribution in [3.63, 3.8) is 0 Å². The Kier molecular flexibility index (Phi) is 4.93. The summed E-state index contributed by atoms with van der Waals surface area (Å²) in [6.45, 7) is 4.13. The fourth-order valence-corrected chi connectivity index (χ4v) is 3.93. The number of phenols is 1. The molecule has 0 aliphatic heterocycles. The van der Waals surface area contributed by atoms with E-state index < -0.39 is 0 Å². The molecule has 3 aromatic carbocycles. The van der Waals surface area contributed by atoms with Crippen LogP contribution in [0.25, 0.3) is 0 Å². The first-order valence-corrected chi connectivity index (χ1v) is 9.76. The molecule has 29 heavy (non-hydrogen) atoms. The number of hydrogen-bond donors (Lipinski definition) is 2. The monoisotopic (exact) mass is 384 g/mol. The fourth-order valence-electron chi connectivity index (χ4n) is 3.93. The van der Waals surface area contributed by atoms with Crippen LogP contribution in [-0.4, -0.2) is 17.2 Å². The first-order valence-electron chi connectivity index (χ1n) is 9.76. The van der Waals surface area contributed by atoms with E-state index in [0.717, 1.165) is 17.5 Å². The van der Waals surface area contributed by atoms with Gasteiger partial charge in [0.2, 0.25) is 5.91 Å². The van der Waals surface area contributed by atoms with Crippen LogP contribution in [0.15, 0.2) is 77.9 Å². The molecule has 4 heteroatoms. The second-order valence-electron chi connectivity index (χ2n) is 7.75. The van der Waals surface area contributed by atoms with E-state index in [1.54, 1.807) is 18.2 Å². The number of benzene rings is 3. The Balaban J connectivity index is 1.58. The fraction of sp³-hybridized carbons (Fsp3) is 0.200. The summed E-state index contributed by atoms with van der Waals surface area (Å²) in [5.41, 5.74) is 7.59. The zero-order chi connectivity index (χ0) is 20.4. The molecule has 0 heterocycles. The predicted molar refractivity (Wildman–Crippen MR) is 115 cm³/mol. The van der Waals surface area contributed by atoms with Crippen molar-refractivity contribution in [2.45, 2.75) is 25.7 Å².